The second kappa shape index (κ2) is 6.58. The molecule has 0 fully saturated rings. The molecule has 1 rings (SSSR count). The van der Waals surface area contributed by atoms with E-state index in [-0.39, 0.29) is 4.90 Å². The van der Waals surface area contributed by atoms with Crippen LogP contribution in [-0.4, -0.2) is 28.1 Å². The summed E-state index contributed by atoms with van der Waals surface area (Å²) in [6.07, 6.45) is 1.11. The van der Waals surface area contributed by atoms with Gasteiger partial charge in [-0.2, -0.15) is 0 Å². The van der Waals surface area contributed by atoms with E-state index in [0.717, 1.165) is 31.7 Å². The summed E-state index contributed by atoms with van der Waals surface area (Å²) < 4.78 is 22.0. The maximum absolute atomic E-state index is 11.0. The standard InChI is InChI=1S/C11H19N3O2S/c1-2-7-13-8-9-14-10-3-5-11(6-4-10)17(12,15)16/h3-6,13-14H,2,7-9H2,1H3,(H2,12,15,16). The van der Waals surface area contributed by atoms with Gasteiger partial charge in [0, 0.05) is 18.8 Å². The lowest BCUT2D eigenvalue weighted by Gasteiger charge is -2.07. The molecule has 96 valence electrons. The maximum atomic E-state index is 11.0. The minimum atomic E-state index is -3.59. The van der Waals surface area contributed by atoms with Crippen LogP contribution in [0.3, 0.4) is 0 Å². The lowest BCUT2D eigenvalue weighted by molar-refractivity contribution is 0.598. The molecule has 0 aliphatic heterocycles. The van der Waals surface area contributed by atoms with Crippen LogP contribution in [0.15, 0.2) is 29.2 Å². The molecule has 0 aliphatic rings. The topological polar surface area (TPSA) is 84.2 Å². The second-order valence-electron chi connectivity index (χ2n) is 3.75. The average molecular weight is 257 g/mol. The van der Waals surface area contributed by atoms with Crippen molar-refractivity contribution in [1.82, 2.24) is 5.32 Å². The highest BCUT2D eigenvalue weighted by Gasteiger charge is 2.05. The molecule has 6 heteroatoms. The molecule has 1 aromatic carbocycles. The van der Waals surface area contributed by atoms with Gasteiger partial charge in [-0.3, -0.25) is 0 Å². The molecule has 0 radical (unpaired) electrons. The average Bonchev–Trinajstić information content (AvgIpc) is 2.28. The molecule has 0 saturated carbocycles. The normalized spacial score (nSPS) is 11.4. The van der Waals surface area contributed by atoms with Crippen molar-refractivity contribution in [2.24, 2.45) is 5.14 Å². The van der Waals surface area contributed by atoms with Crippen LogP contribution in [0, 0.1) is 0 Å². The van der Waals surface area contributed by atoms with Crippen molar-refractivity contribution in [3.8, 4) is 0 Å². The van der Waals surface area contributed by atoms with E-state index in [9.17, 15) is 8.42 Å². The number of sulfonamides is 1. The van der Waals surface area contributed by atoms with Gasteiger partial charge < -0.3 is 10.6 Å². The van der Waals surface area contributed by atoms with Crippen LogP contribution in [-0.2, 0) is 10.0 Å². The Morgan fingerprint density at radius 3 is 2.29 bits per heavy atom. The van der Waals surface area contributed by atoms with Gasteiger partial charge in [-0.05, 0) is 37.2 Å². The zero-order valence-corrected chi connectivity index (χ0v) is 10.8. The zero-order chi connectivity index (χ0) is 12.7. The molecule has 0 atom stereocenters. The summed E-state index contributed by atoms with van der Waals surface area (Å²) in [4.78, 5) is 0.132. The summed E-state index contributed by atoms with van der Waals surface area (Å²) in [5.74, 6) is 0. The van der Waals surface area contributed by atoms with Crippen LogP contribution in [0.4, 0.5) is 5.69 Å². The van der Waals surface area contributed by atoms with E-state index in [1.54, 1.807) is 12.1 Å². The fraction of sp³-hybridized carbons (Fsp3) is 0.455. The Bertz CT molecular complexity index is 429. The van der Waals surface area contributed by atoms with Gasteiger partial charge in [-0.25, -0.2) is 13.6 Å². The molecular formula is C11H19N3O2S. The molecule has 0 unspecified atom stereocenters. The van der Waals surface area contributed by atoms with E-state index >= 15 is 0 Å². The van der Waals surface area contributed by atoms with E-state index in [4.69, 9.17) is 5.14 Å². The first-order chi connectivity index (χ1) is 8.04. The van der Waals surface area contributed by atoms with Crippen molar-refractivity contribution < 1.29 is 8.42 Å². The third kappa shape index (κ3) is 5.16. The highest BCUT2D eigenvalue weighted by molar-refractivity contribution is 7.89. The predicted octanol–water partition coefficient (Wildman–Crippen LogP) is 0.746. The first-order valence-electron chi connectivity index (χ1n) is 5.61. The Labute approximate surface area is 102 Å². The fourth-order valence-electron chi connectivity index (χ4n) is 1.36. The Morgan fingerprint density at radius 2 is 1.76 bits per heavy atom. The Hall–Kier alpha value is -1.11. The molecular weight excluding hydrogens is 238 g/mol. The Balaban J connectivity index is 2.41. The third-order valence-electron chi connectivity index (χ3n) is 2.24. The monoisotopic (exact) mass is 257 g/mol. The van der Waals surface area contributed by atoms with E-state index in [1.165, 1.54) is 12.1 Å². The number of hydrogen-bond donors (Lipinski definition) is 3. The molecule has 0 aliphatic carbocycles. The van der Waals surface area contributed by atoms with Gasteiger partial charge >= 0.3 is 0 Å². The van der Waals surface area contributed by atoms with Gasteiger partial charge in [-0.15, -0.1) is 0 Å². The summed E-state index contributed by atoms with van der Waals surface area (Å²) in [5, 5.41) is 11.5. The van der Waals surface area contributed by atoms with Gasteiger partial charge in [0.2, 0.25) is 10.0 Å². The fourth-order valence-corrected chi connectivity index (χ4v) is 1.87. The van der Waals surface area contributed by atoms with E-state index in [0.29, 0.717) is 0 Å². The summed E-state index contributed by atoms with van der Waals surface area (Å²) in [5.41, 5.74) is 0.885. The van der Waals surface area contributed by atoms with Crippen LogP contribution in [0.25, 0.3) is 0 Å². The smallest absolute Gasteiger partial charge is 0.238 e. The van der Waals surface area contributed by atoms with Gasteiger partial charge in [0.15, 0.2) is 0 Å². The molecule has 5 nitrogen and oxygen atoms in total. The molecule has 17 heavy (non-hydrogen) atoms. The minimum absolute atomic E-state index is 0.132. The van der Waals surface area contributed by atoms with E-state index in [2.05, 4.69) is 17.6 Å². The quantitative estimate of drug-likeness (QED) is 0.629. The van der Waals surface area contributed by atoms with Crippen LogP contribution in [0.5, 0.6) is 0 Å². The molecule has 4 N–H and O–H groups in total. The van der Waals surface area contributed by atoms with Crippen molar-refractivity contribution >= 4 is 15.7 Å². The van der Waals surface area contributed by atoms with E-state index < -0.39 is 10.0 Å². The first kappa shape index (κ1) is 14.0. The summed E-state index contributed by atoms with van der Waals surface area (Å²) in [6, 6.07) is 6.41. The maximum Gasteiger partial charge on any atom is 0.238 e. The van der Waals surface area contributed by atoms with Gasteiger partial charge in [0.1, 0.15) is 0 Å². The van der Waals surface area contributed by atoms with Crippen LogP contribution in [0.1, 0.15) is 13.3 Å². The number of nitrogens with one attached hydrogen (secondary N) is 2. The number of hydrogen-bond acceptors (Lipinski definition) is 4. The minimum Gasteiger partial charge on any atom is -0.384 e. The van der Waals surface area contributed by atoms with Crippen LogP contribution in [0.2, 0.25) is 0 Å². The Kier molecular flexibility index (Phi) is 5.40. The number of nitrogens with two attached hydrogens (primary N) is 1. The van der Waals surface area contributed by atoms with Crippen LogP contribution >= 0.6 is 0 Å². The number of primary sulfonamides is 1. The van der Waals surface area contributed by atoms with Crippen LogP contribution < -0.4 is 15.8 Å². The number of rotatable bonds is 7. The molecule has 0 saturated heterocycles. The van der Waals surface area contributed by atoms with Crippen molar-refractivity contribution in [3.05, 3.63) is 24.3 Å². The molecule has 0 amide bonds. The van der Waals surface area contributed by atoms with Crippen molar-refractivity contribution in [2.45, 2.75) is 18.2 Å². The molecule has 0 bridgehead atoms. The summed E-state index contributed by atoms with van der Waals surface area (Å²) in [7, 11) is -3.59. The lowest BCUT2D eigenvalue weighted by Crippen LogP contribution is -2.22. The SMILES string of the molecule is CCCNCCNc1ccc(S(N)(=O)=O)cc1. The summed E-state index contributed by atoms with van der Waals surface area (Å²) >= 11 is 0. The van der Waals surface area contributed by atoms with Crippen molar-refractivity contribution in [3.63, 3.8) is 0 Å². The van der Waals surface area contributed by atoms with Crippen molar-refractivity contribution in [1.29, 1.82) is 0 Å². The highest BCUT2D eigenvalue weighted by atomic mass is 32.2. The molecule has 0 aromatic heterocycles. The summed E-state index contributed by atoms with van der Waals surface area (Å²) in [6.45, 7) is 4.80. The Morgan fingerprint density at radius 1 is 1.12 bits per heavy atom. The van der Waals surface area contributed by atoms with Gasteiger partial charge in [0.05, 0.1) is 4.90 Å². The predicted molar refractivity (Wildman–Crippen MR) is 69.5 cm³/mol. The van der Waals surface area contributed by atoms with Crippen molar-refractivity contribution in [2.75, 3.05) is 25.0 Å². The van der Waals surface area contributed by atoms with Gasteiger partial charge in [0.25, 0.3) is 0 Å². The number of anilines is 1. The third-order valence-corrected chi connectivity index (χ3v) is 3.17. The highest BCUT2D eigenvalue weighted by Crippen LogP contribution is 2.11. The number of benzene rings is 1. The molecule has 0 heterocycles. The zero-order valence-electron chi connectivity index (χ0n) is 9.94. The second-order valence-corrected chi connectivity index (χ2v) is 5.31. The first-order valence-corrected chi connectivity index (χ1v) is 7.16. The molecule has 0 spiro atoms. The largest absolute Gasteiger partial charge is 0.384 e. The molecule has 1 aromatic rings. The lowest BCUT2D eigenvalue weighted by atomic mass is 10.3. The van der Waals surface area contributed by atoms with Gasteiger partial charge in [-0.1, -0.05) is 6.92 Å². The van der Waals surface area contributed by atoms with E-state index in [1.807, 2.05) is 0 Å².